The van der Waals surface area contributed by atoms with Gasteiger partial charge in [0.25, 0.3) is 0 Å². The minimum absolute atomic E-state index is 0.306. The topological polar surface area (TPSA) is 79.8 Å². The number of amides is 2. The Hall–Kier alpha value is -2.57. The molecular weight excluding hydrogens is 365 g/mol. The van der Waals surface area contributed by atoms with E-state index < -0.39 is 11.8 Å². The maximum atomic E-state index is 11.8. The Morgan fingerprint density at radius 1 is 1.12 bits per heavy atom. The Bertz CT molecular complexity index is 792. The molecule has 0 saturated carbocycles. The van der Waals surface area contributed by atoms with Gasteiger partial charge in [-0.1, -0.05) is 35.3 Å². The second-order valence-electron chi connectivity index (χ2n) is 4.75. The molecule has 2 N–H and O–H groups in total. The molecule has 0 fully saturated rings. The number of halogens is 2. The lowest BCUT2D eigenvalue weighted by atomic mass is 10.2. The Morgan fingerprint density at radius 2 is 1.84 bits per heavy atom. The number of nitrogens with one attached hydrogen (secondary N) is 2. The fourth-order valence-corrected chi connectivity index (χ4v) is 2.18. The van der Waals surface area contributed by atoms with Crippen LogP contribution in [0.5, 0.6) is 5.75 Å². The average Bonchev–Trinajstić information content (AvgIpc) is 2.60. The van der Waals surface area contributed by atoms with Crippen LogP contribution in [0.15, 0.2) is 47.6 Å². The zero-order valence-corrected chi connectivity index (χ0v) is 14.8. The lowest BCUT2D eigenvalue weighted by Gasteiger charge is -2.06. The van der Waals surface area contributed by atoms with Crippen LogP contribution in [-0.4, -0.2) is 24.6 Å². The molecule has 8 heteroatoms. The first-order valence-electron chi connectivity index (χ1n) is 7.32. The summed E-state index contributed by atoms with van der Waals surface area (Å²) in [6.45, 7) is 2.42. The third kappa shape index (κ3) is 5.48. The molecule has 0 saturated heterocycles. The number of benzene rings is 2. The molecule has 0 bridgehead atoms. The molecule has 2 amide bonds. The second kappa shape index (κ2) is 9.05. The van der Waals surface area contributed by atoms with Crippen molar-refractivity contribution in [3.8, 4) is 5.75 Å². The van der Waals surface area contributed by atoms with Crippen molar-refractivity contribution in [3.63, 3.8) is 0 Å². The van der Waals surface area contributed by atoms with Gasteiger partial charge in [-0.25, -0.2) is 5.43 Å². The van der Waals surface area contributed by atoms with Crippen molar-refractivity contribution >= 4 is 46.9 Å². The first kappa shape index (κ1) is 18.8. The van der Waals surface area contributed by atoms with Crippen LogP contribution >= 0.6 is 23.2 Å². The number of carbonyl (C=O) groups is 2. The Balaban J connectivity index is 1.90. The van der Waals surface area contributed by atoms with Crippen LogP contribution < -0.4 is 15.5 Å². The van der Waals surface area contributed by atoms with Crippen LogP contribution in [0.1, 0.15) is 12.5 Å². The highest BCUT2D eigenvalue weighted by Gasteiger charge is 2.13. The molecule has 2 rings (SSSR count). The predicted octanol–water partition coefficient (Wildman–Crippen LogP) is 3.48. The van der Waals surface area contributed by atoms with Gasteiger partial charge in [-0.3, -0.25) is 9.59 Å². The molecule has 0 aromatic heterocycles. The highest BCUT2D eigenvalue weighted by atomic mass is 35.5. The van der Waals surface area contributed by atoms with Gasteiger partial charge in [0.15, 0.2) is 0 Å². The van der Waals surface area contributed by atoms with Gasteiger partial charge in [-0.15, -0.1) is 0 Å². The lowest BCUT2D eigenvalue weighted by Crippen LogP contribution is -2.32. The molecule has 2 aromatic rings. The highest BCUT2D eigenvalue weighted by Crippen LogP contribution is 2.24. The SMILES string of the molecule is CCOc1ccc(NC(=O)C(=O)N/N=C/c2cccc(Cl)c2Cl)cc1. The van der Waals surface area contributed by atoms with Crippen molar-refractivity contribution in [3.05, 3.63) is 58.1 Å². The van der Waals surface area contributed by atoms with E-state index >= 15 is 0 Å². The minimum Gasteiger partial charge on any atom is -0.494 e. The lowest BCUT2D eigenvalue weighted by molar-refractivity contribution is -0.136. The maximum absolute atomic E-state index is 11.8. The van der Waals surface area contributed by atoms with E-state index in [0.717, 1.165) is 0 Å². The molecule has 0 heterocycles. The molecule has 0 aliphatic rings. The van der Waals surface area contributed by atoms with Gasteiger partial charge < -0.3 is 10.1 Å². The van der Waals surface area contributed by atoms with Gasteiger partial charge in [0.2, 0.25) is 0 Å². The fraction of sp³-hybridized carbons (Fsp3) is 0.118. The molecule has 130 valence electrons. The van der Waals surface area contributed by atoms with E-state index in [1.807, 2.05) is 6.92 Å². The van der Waals surface area contributed by atoms with Crippen molar-refractivity contribution in [2.24, 2.45) is 5.10 Å². The molecule has 0 atom stereocenters. The first-order chi connectivity index (χ1) is 12.0. The summed E-state index contributed by atoms with van der Waals surface area (Å²) in [6.07, 6.45) is 1.30. The van der Waals surface area contributed by atoms with Crippen molar-refractivity contribution in [1.82, 2.24) is 5.43 Å². The summed E-state index contributed by atoms with van der Waals surface area (Å²) < 4.78 is 5.30. The van der Waals surface area contributed by atoms with Crippen molar-refractivity contribution in [1.29, 1.82) is 0 Å². The third-order valence-electron chi connectivity index (χ3n) is 2.98. The molecule has 0 spiro atoms. The number of hydrogen-bond acceptors (Lipinski definition) is 4. The normalized spacial score (nSPS) is 10.5. The molecule has 0 radical (unpaired) electrons. The summed E-state index contributed by atoms with van der Waals surface area (Å²) >= 11 is 11.9. The van der Waals surface area contributed by atoms with E-state index in [4.69, 9.17) is 27.9 Å². The standard InChI is InChI=1S/C17H15Cl2N3O3/c1-2-25-13-8-6-12(7-9-13)21-16(23)17(24)22-20-10-11-4-3-5-14(18)15(11)19/h3-10H,2H2,1H3,(H,21,23)(H,22,24)/b20-10+. The van der Waals surface area contributed by atoms with E-state index in [1.54, 1.807) is 42.5 Å². The van der Waals surface area contributed by atoms with Crippen LogP contribution in [0.4, 0.5) is 5.69 Å². The number of hydrazone groups is 1. The van der Waals surface area contributed by atoms with Crippen molar-refractivity contribution < 1.29 is 14.3 Å². The largest absolute Gasteiger partial charge is 0.494 e. The van der Waals surface area contributed by atoms with Crippen LogP contribution in [0.25, 0.3) is 0 Å². The van der Waals surface area contributed by atoms with Gasteiger partial charge in [0.1, 0.15) is 5.75 Å². The van der Waals surface area contributed by atoms with Crippen LogP contribution in [0.2, 0.25) is 10.0 Å². The summed E-state index contributed by atoms with van der Waals surface area (Å²) in [5, 5.41) is 6.82. The van der Waals surface area contributed by atoms with E-state index in [2.05, 4.69) is 15.8 Å². The molecule has 0 aliphatic carbocycles. The van der Waals surface area contributed by atoms with E-state index in [0.29, 0.717) is 33.7 Å². The van der Waals surface area contributed by atoms with Crippen molar-refractivity contribution in [2.45, 2.75) is 6.92 Å². The van der Waals surface area contributed by atoms with Gasteiger partial charge in [-0.05, 0) is 37.3 Å². The number of anilines is 1. The zero-order valence-electron chi connectivity index (χ0n) is 13.3. The summed E-state index contributed by atoms with van der Waals surface area (Å²) in [5.41, 5.74) is 3.10. The van der Waals surface area contributed by atoms with E-state index in [9.17, 15) is 9.59 Å². The van der Waals surface area contributed by atoms with Gasteiger partial charge >= 0.3 is 11.8 Å². The van der Waals surface area contributed by atoms with E-state index in [1.165, 1.54) is 6.21 Å². The summed E-state index contributed by atoms with van der Waals surface area (Å²) in [4.78, 5) is 23.5. The fourth-order valence-electron chi connectivity index (χ4n) is 1.82. The monoisotopic (exact) mass is 379 g/mol. The number of hydrogen-bond donors (Lipinski definition) is 2. The van der Waals surface area contributed by atoms with Crippen LogP contribution in [-0.2, 0) is 9.59 Å². The van der Waals surface area contributed by atoms with Crippen LogP contribution in [0, 0.1) is 0 Å². The number of rotatable bonds is 5. The minimum atomic E-state index is -0.914. The van der Waals surface area contributed by atoms with E-state index in [-0.39, 0.29) is 0 Å². The predicted molar refractivity (Wildman–Crippen MR) is 98.4 cm³/mol. The van der Waals surface area contributed by atoms with Gasteiger partial charge in [-0.2, -0.15) is 5.10 Å². The highest BCUT2D eigenvalue weighted by molar-refractivity contribution is 6.43. The Kier molecular flexibility index (Phi) is 6.80. The number of ether oxygens (including phenoxy) is 1. The zero-order chi connectivity index (χ0) is 18.2. The number of nitrogens with zero attached hydrogens (tertiary/aromatic N) is 1. The molecule has 0 unspecified atom stereocenters. The molecule has 6 nitrogen and oxygen atoms in total. The third-order valence-corrected chi connectivity index (χ3v) is 3.81. The maximum Gasteiger partial charge on any atom is 0.329 e. The molecule has 25 heavy (non-hydrogen) atoms. The Morgan fingerprint density at radius 3 is 2.52 bits per heavy atom. The van der Waals surface area contributed by atoms with Gasteiger partial charge in [0.05, 0.1) is 22.9 Å². The smallest absolute Gasteiger partial charge is 0.329 e. The first-order valence-corrected chi connectivity index (χ1v) is 8.08. The Labute approximate surface area is 154 Å². The summed E-state index contributed by atoms with van der Waals surface area (Å²) in [6, 6.07) is 11.6. The van der Waals surface area contributed by atoms with Crippen LogP contribution in [0.3, 0.4) is 0 Å². The average molecular weight is 380 g/mol. The quantitative estimate of drug-likeness (QED) is 0.474. The molecule has 2 aromatic carbocycles. The summed E-state index contributed by atoms with van der Waals surface area (Å²) in [5.74, 6) is -1.09. The van der Waals surface area contributed by atoms with Gasteiger partial charge in [0, 0.05) is 11.3 Å². The molecule has 0 aliphatic heterocycles. The molecular formula is C17H15Cl2N3O3. The van der Waals surface area contributed by atoms with Crippen molar-refractivity contribution in [2.75, 3.05) is 11.9 Å². The summed E-state index contributed by atoms with van der Waals surface area (Å²) in [7, 11) is 0. The number of carbonyl (C=O) groups excluding carboxylic acids is 2. The second-order valence-corrected chi connectivity index (χ2v) is 5.54.